The first-order valence-electron chi connectivity index (χ1n) is 49.1. The number of aryl methyl sites for hydroxylation is 4. The van der Waals surface area contributed by atoms with Gasteiger partial charge in [0, 0.05) is 175 Å². The van der Waals surface area contributed by atoms with Crippen LogP contribution in [0.3, 0.4) is 0 Å². The number of aliphatic hydroxyl groups is 2. The van der Waals surface area contributed by atoms with Gasteiger partial charge < -0.3 is 61.5 Å². The van der Waals surface area contributed by atoms with E-state index >= 15 is 22.0 Å². The molecule has 0 radical (unpaired) electrons. The average Bonchev–Trinajstić information content (AvgIpc) is 1.70. The fourth-order valence-electron chi connectivity index (χ4n) is 17.1. The first kappa shape index (κ1) is 116. The molecule has 15 aromatic rings. The number of methoxy groups -OCH3 is 1. The number of fused-ring (bicyclic) bond motifs is 5. The summed E-state index contributed by atoms with van der Waals surface area (Å²) in [5.41, 5.74) is 10.7. The molecule has 3 fully saturated rings. The molecule has 10 aromatic carbocycles. The van der Waals surface area contributed by atoms with Gasteiger partial charge in [-0.15, -0.1) is 0 Å². The normalized spacial score (nSPS) is 12.9. The Bertz CT molecular complexity index is 7020. The Morgan fingerprint density at radius 1 is 0.329 bits per heavy atom. The van der Waals surface area contributed by atoms with E-state index in [-0.39, 0.29) is 170 Å². The minimum Gasteiger partial charge on any atom is -0.394 e. The molecule has 0 amide bonds. The lowest BCUT2D eigenvalue weighted by atomic mass is 9.95. The lowest BCUT2D eigenvalue weighted by molar-refractivity contribution is 0.0658. The van der Waals surface area contributed by atoms with E-state index in [1.54, 1.807) is 116 Å². The average molecular weight is 2460 g/mol. The molecule has 0 atom stereocenters. The van der Waals surface area contributed by atoms with Crippen LogP contribution in [-0.4, -0.2) is 180 Å². The molecule has 0 spiro atoms. The van der Waals surface area contributed by atoms with Crippen molar-refractivity contribution in [1.82, 2.24) is 47.8 Å². The summed E-state index contributed by atoms with van der Waals surface area (Å²) in [6.07, 6.45) is 19.3. The van der Waals surface area contributed by atoms with Crippen molar-refractivity contribution in [3.8, 4) is 0 Å². The number of hydrogen-bond acceptors (Lipinski definition) is 18. The second kappa shape index (κ2) is 55.2. The van der Waals surface area contributed by atoms with Crippen LogP contribution in [0.5, 0.6) is 0 Å². The number of carbonyl (C=O) groups excluding carboxylic acids is 5. The summed E-state index contributed by atoms with van der Waals surface area (Å²) >= 11 is 48.6. The standard InChI is InChI=1S/C23H23BrClFN2O3.2C23H23BrClFN2O2.2C21H21BrClFN2O3/c1-30-7-6-28-13-27-20-10-17(21(29)12-31-11-14-2-3-14)18(22(26)23(20)28)8-15-4-5-16(24)9-19(15)25;2*1-2-7-28-13-27-23-20(28)10-17(21(29)12-30-11-14-3-4-14)18(22(23)26)8-15-5-6-16(24)9-19(15)25;2*1-2-5-26-12-25-21-18(26)10-15(19(28)11-29-7-6-27)16(20(21)24)8-13-3-4-14(22)9-17(13)23/h4-5,9-10,13-14H,2-3,6-8,11-12H2,1H3;2*5-6,9-10,13-14H,2-4,7-8,11-12H2,1H3;2*3-4,9-10,12,27H,2,5-8,11H2,1H3. The molecule has 0 bridgehead atoms. The van der Waals surface area contributed by atoms with Crippen LogP contribution in [0.4, 0.5) is 22.0 Å². The molecule has 2 N–H and O–H groups in total. The number of halogens is 15. The number of imidazole rings is 5. The van der Waals surface area contributed by atoms with E-state index in [0.29, 0.717) is 174 Å². The summed E-state index contributed by atoms with van der Waals surface area (Å²) in [6.45, 7) is 12.5. The minimum absolute atomic E-state index is 0.0398. The lowest BCUT2D eigenvalue weighted by Crippen LogP contribution is -2.15. The van der Waals surface area contributed by atoms with Gasteiger partial charge >= 0.3 is 0 Å². The fourth-order valence-corrected chi connectivity index (χ4v) is 20.8. The second-order valence-electron chi connectivity index (χ2n) is 36.7. The van der Waals surface area contributed by atoms with Gasteiger partial charge in [-0.2, -0.15) is 0 Å². The first-order valence-corrected chi connectivity index (χ1v) is 55.0. The van der Waals surface area contributed by atoms with Crippen molar-refractivity contribution in [2.45, 2.75) is 157 Å². The predicted molar refractivity (Wildman–Crippen MR) is 589 cm³/mol. The molecule has 149 heavy (non-hydrogen) atoms. The molecule has 3 aliphatic carbocycles. The Balaban J connectivity index is 0.000000147. The fraction of sp³-hybridized carbons (Fsp3) is 0.369. The van der Waals surface area contributed by atoms with Gasteiger partial charge in [-0.3, -0.25) is 24.0 Å². The third kappa shape index (κ3) is 30.2. The monoisotopic (exact) mass is 2460 g/mol. The van der Waals surface area contributed by atoms with E-state index in [4.69, 9.17) is 96.6 Å². The van der Waals surface area contributed by atoms with Crippen molar-refractivity contribution in [3.63, 3.8) is 0 Å². The number of hydrogen-bond donors (Lipinski definition) is 2. The maximum absolute atomic E-state index is 15.8. The third-order valence-electron chi connectivity index (χ3n) is 25.4. The molecule has 3 saturated carbocycles. The quantitative estimate of drug-likeness (QED) is 0.0204. The zero-order valence-electron chi connectivity index (χ0n) is 82.5. The largest absolute Gasteiger partial charge is 0.394 e. The van der Waals surface area contributed by atoms with Crippen molar-refractivity contribution < 1.29 is 84.6 Å². The zero-order valence-corrected chi connectivity index (χ0v) is 94.2. The SMILES string of the molecule is CCCn1cnc2c(F)c(Cc3ccc(Br)cc3Cl)c(C(=O)COCC3CC3)cc21.CCCn1cnc2c(F)c(Cc3ccc(Br)cc3Cl)c(C(=O)COCC3CC3)cc21.CCCn1cnc2c(F)c(Cc3ccc(Br)cc3Cl)c(C(=O)COCCO)cc21.CCCn1cnc2c(F)c(Cc3ccc(Br)cc3Cl)c(C(=O)COCCO)cc21.COCCn1cnc2cc(C(=O)COCC3CC3)c(Cc3ccc(Br)cc3Cl)c(F)c21. The van der Waals surface area contributed by atoms with Crippen molar-refractivity contribution in [2.24, 2.45) is 17.8 Å². The first-order chi connectivity index (χ1) is 71.8. The number of rotatable bonds is 46. The van der Waals surface area contributed by atoms with E-state index in [0.717, 1.165) is 103 Å². The van der Waals surface area contributed by atoms with Gasteiger partial charge in [0.25, 0.3) is 0 Å². The number of aromatic nitrogens is 10. The number of carbonyl (C=O) groups is 5. The molecule has 788 valence electrons. The number of ether oxygens (including phenoxy) is 6. The van der Waals surface area contributed by atoms with E-state index in [1.807, 2.05) is 94.5 Å². The summed E-state index contributed by atoms with van der Waals surface area (Å²) in [5, 5.41) is 20.3. The van der Waals surface area contributed by atoms with Gasteiger partial charge in [-0.25, -0.2) is 46.9 Å². The molecule has 23 nitrogen and oxygen atoms in total. The maximum Gasteiger partial charge on any atom is 0.188 e. The van der Waals surface area contributed by atoms with Crippen molar-refractivity contribution in [2.75, 3.05) is 93.0 Å². The van der Waals surface area contributed by atoms with Gasteiger partial charge in [0.2, 0.25) is 0 Å². The Kier molecular flexibility index (Phi) is 42.9. The predicted octanol–water partition coefficient (Wildman–Crippen LogP) is 27.4. The van der Waals surface area contributed by atoms with Gasteiger partial charge in [0.05, 0.1) is 112 Å². The smallest absolute Gasteiger partial charge is 0.188 e. The number of nitrogens with zero attached hydrogens (tertiary/aromatic N) is 10. The highest BCUT2D eigenvalue weighted by Gasteiger charge is 2.33. The lowest BCUT2D eigenvalue weighted by Gasteiger charge is -2.14. The van der Waals surface area contributed by atoms with Crippen LogP contribution in [0.15, 0.2) is 175 Å². The molecule has 0 aliphatic heterocycles. The van der Waals surface area contributed by atoms with Crippen LogP contribution >= 0.6 is 138 Å². The third-order valence-corrected chi connectivity index (χ3v) is 29.6. The zero-order chi connectivity index (χ0) is 106. The van der Waals surface area contributed by atoms with E-state index in [9.17, 15) is 24.0 Å². The number of Topliss-reactive ketones (excluding diaryl/α,β-unsaturated/α-hetero) is 5. The summed E-state index contributed by atoms with van der Waals surface area (Å²) in [5.74, 6) is -2.18. The number of benzene rings is 10. The van der Waals surface area contributed by atoms with E-state index < -0.39 is 29.1 Å². The van der Waals surface area contributed by atoms with Crippen molar-refractivity contribution in [3.05, 3.63) is 313 Å². The summed E-state index contributed by atoms with van der Waals surface area (Å²) in [7, 11) is 1.59. The van der Waals surface area contributed by atoms with Crippen molar-refractivity contribution in [1.29, 1.82) is 0 Å². The van der Waals surface area contributed by atoms with E-state index in [2.05, 4.69) is 105 Å². The molecular weight excluding hydrogens is 2350 g/mol. The Morgan fingerprint density at radius 2 is 0.570 bits per heavy atom. The van der Waals surface area contributed by atoms with Gasteiger partial charge in [0.1, 0.15) is 60.6 Å². The highest BCUT2D eigenvalue weighted by molar-refractivity contribution is 9.11. The minimum atomic E-state index is -0.526. The molecular formula is C111H111Br5Cl5F5N10O13. The number of ketones is 5. The molecule has 0 saturated heterocycles. The topological polar surface area (TPSA) is 270 Å². The highest BCUT2D eigenvalue weighted by Crippen LogP contribution is 2.40. The maximum atomic E-state index is 15.8. The summed E-state index contributed by atoms with van der Waals surface area (Å²) < 4.78 is 123. The number of aliphatic hydroxyl groups excluding tert-OH is 2. The molecule has 18 rings (SSSR count). The molecule has 5 heterocycles. The molecule has 38 heteroatoms. The van der Waals surface area contributed by atoms with Crippen LogP contribution in [0, 0.1) is 46.8 Å². The van der Waals surface area contributed by atoms with Crippen LogP contribution in [0.1, 0.15) is 199 Å². The van der Waals surface area contributed by atoms with Crippen LogP contribution in [-0.2, 0) is 93.2 Å². The van der Waals surface area contributed by atoms with Crippen molar-refractivity contribution >= 4 is 222 Å². The highest BCUT2D eigenvalue weighted by atomic mass is 79.9. The molecule has 0 unspecified atom stereocenters. The van der Waals surface area contributed by atoms with Crippen LogP contribution in [0.25, 0.3) is 55.2 Å². The van der Waals surface area contributed by atoms with Gasteiger partial charge in [-0.1, -0.05) is 196 Å². The second-order valence-corrected chi connectivity index (χ2v) is 43.3. The Morgan fingerprint density at radius 3 is 0.805 bits per heavy atom. The Labute approximate surface area is 926 Å². The van der Waals surface area contributed by atoms with Crippen LogP contribution in [0.2, 0.25) is 25.1 Å². The van der Waals surface area contributed by atoms with Crippen LogP contribution < -0.4 is 0 Å². The Hall–Kier alpha value is -8.92. The molecule has 5 aromatic heterocycles. The summed E-state index contributed by atoms with van der Waals surface area (Å²) in [6, 6.07) is 35.6. The molecule has 3 aliphatic rings. The summed E-state index contributed by atoms with van der Waals surface area (Å²) in [4.78, 5) is 86.0. The van der Waals surface area contributed by atoms with Gasteiger partial charge in [-0.05, 0) is 201 Å². The van der Waals surface area contributed by atoms with E-state index in [1.165, 1.54) is 0 Å². The van der Waals surface area contributed by atoms with Gasteiger partial charge in [0.15, 0.2) is 58.0 Å².